The Morgan fingerprint density at radius 1 is 1.26 bits per heavy atom. The van der Waals surface area contributed by atoms with E-state index < -0.39 is 11.4 Å². The number of rotatable bonds is 3. The Morgan fingerprint density at radius 3 is 2.58 bits per heavy atom. The van der Waals surface area contributed by atoms with Gasteiger partial charge in [-0.3, -0.25) is 4.79 Å². The van der Waals surface area contributed by atoms with E-state index in [4.69, 9.17) is 9.47 Å². The number of benzene rings is 1. The second-order valence-corrected chi connectivity index (χ2v) is 3.88. The number of aromatic nitrogens is 2. The van der Waals surface area contributed by atoms with Crippen LogP contribution in [0.1, 0.15) is 5.69 Å². The molecule has 1 aromatic carbocycles. The predicted molar refractivity (Wildman–Crippen MR) is 68.1 cm³/mol. The van der Waals surface area contributed by atoms with Crippen LogP contribution in [-0.2, 0) is 0 Å². The van der Waals surface area contributed by atoms with Crippen LogP contribution in [0.5, 0.6) is 11.5 Å². The van der Waals surface area contributed by atoms with E-state index in [1.807, 2.05) is 0 Å². The van der Waals surface area contributed by atoms with Crippen molar-refractivity contribution in [2.24, 2.45) is 0 Å². The average molecular weight is 264 g/mol. The molecule has 0 atom stereocenters. The van der Waals surface area contributed by atoms with Crippen LogP contribution < -0.4 is 15.0 Å². The van der Waals surface area contributed by atoms with Crippen LogP contribution in [0.25, 0.3) is 11.4 Å². The number of methoxy groups -OCH3 is 2. The van der Waals surface area contributed by atoms with Gasteiger partial charge in [0.25, 0.3) is 5.56 Å². The molecular formula is C13H13FN2O3. The highest BCUT2D eigenvalue weighted by Gasteiger charge is 2.13. The highest BCUT2D eigenvalue weighted by molar-refractivity contribution is 5.65. The van der Waals surface area contributed by atoms with Gasteiger partial charge in [-0.05, 0) is 19.1 Å². The molecule has 0 aliphatic carbocycles. The molecule has 0 unspecified atom stereocenters. The second kappa shape index (κ2) is 5.09. The third kappa shape index (κ3) is 2.42. The first-order valence-electron chi connectivity index (χ1n) is 5.55. The summed E-state index contributed by atoms with van der Waals surface area (Å²) in [5.41, 5.74) is -0.208. The van der Waals surface area contributed by atoms with Gasteiger partial charge in [-0.25, -0.2) is 4.98 Å². The highest BCUT2D eigenvalue weighted by atomic mass is 19.1. The zero-order valence-electron chi connectivity index (χ0n) is 10.8. The third-order valence-electron chi connectivity index (χ3n) is 2.69. The molecule has 1 N–H and O–H groups in total. The van der Waals surface area contributed by atoms with Gasteiger partial charge in [0.2, 0.25) is 5.82 Å². The van der Waals surface area contributed by atoms with Crippen LogP contribution in [0.4, 0.5) is 4.39 Å². The van der Waals surface area contributed by atoms with Crippen molar-refractivity contribution in [2.75, 3.05) is 14.2 Å². The average Bonchev–Trinajstić information content (AvgIpc) is 2.43. The number of aryl methyl sites for hydroxylation is 1. The van der Waals surface area contributed by atoms with Crippen LogP contribution in [-0.4, -0.2) is 24.2 Å². The molecule has 0 saturated heterocycles. The van der Waals surface area contributed by atoms with E-state index in [9.17, 15) is 9.18 Å². The fourth-order valence-electron chi connectivity index (χ4n) is 1.69. The Labute approximate surface area is 109 Å². The van der Waals surface area contributed by atoms with E-state index in [0.29, 0.717) is 17.1 Å². The van der Waals surface area contributed by atoms with E-state index in [-0.39, 0.29) is 11.5 Å². The molecule has 0 radical (unpaired) electrons. The van der Waals surface area contributed by atoms with Gasteiger partial charge in [0.1, 0.15) is 17.3 Å². The number of aromatic amines is 1. The Bertz CT molecular complexity index is 667. The van der Waals surface area contributed by atoms with E-state index in [0.717, 1.165) is 0 Å². The number of H-pyrrole nitrogens is 1. The highest BCUT2D eigenvalue weighted by Crippen LogP contribution is 2.30. The summed E-state index contributed by atoms with van der Waals surface area (Å²) in [4.78, 5) is 17.8. The number of hydrogen-bond acceptors (Lipinski definition) is 4. The molecule has 0 spiro atoms. The summed E-state index contributed by atoms with van der Waals surface area (Å²) < 4.78 is 23.6. The molecule has 0 bridgehead atoms. The van der Waals surface area contributed by atoms with Gasteiger partial charge in [0, 0.05) is 6.07 Å². The largest absolute Gasteiger partial charge is 0.497 e. The first-order valence-corrected chi connectivity index (χ1v) is 5.55. The number of hydrogen-bond donors (Lipinski definition) is 1. The molecule has 100 valence electrons. The molecule has 0 aliphatic heterocycles. The zero-order valence-corrected chi connectivity index (χ0v) is 10.8. The first-order chi connectivity index (χ1) is 9.06. The van der Waals surface area contributed by atoms with Gasteiger partial charge in [-0.15, -0.1) is 0 Å². The number of halogens is 1. The van der Waals surface area contributed by atoms with E-state index in [1.165, 1.54) is 21.1 Å². The minimum atomic E-state index is -0.878. The van der Waals surface area contributed by atoms with Gasteiger partial charge < -0.3 is 14.5 Å². The smallest absolute Gasteiger partial charge is 0.287 e. The lowest BCUT2D eigenvalue weighted by Crippen LogP contribution is -2.15. The fourth-order valence-corrected chi connectivity index (χ4v) is 1.69. The lowest BCUT2D eigenvalue weighted by atomic mass is 10.1. The van der Waals surface area contributed by atoms with Gasteiger partial charge in [-0.1, -0.05) is 0 Å². The summed E-state index contributed by atoms with van der Waals surface area (Å²) in [5, 5.41) is 0. The predicted octanol–water partition coefficient (Wildman–Crippen LogP) is 1.90. The van der Waals surface area contributed by atoms with Gasteiger partial charge in [-0.2, -0.15) is 4.39 Å². The first kappa shape index (κ1) is 13.1. The summed E-state index contributed by atoms with van der Waals surface area (Å²) in [6.07, 6.45) is 0. The maximum absolute atomic E-state index is 13.3. The van der Waals surface area contributed by atoms with Crippen molar-refractivity contribution in [2.45, 2.75) is 6.92 Å². The molecule has 5 nitrogen and oxygen atoms in total. The molecule has 0 amide bonds. The number of nitrogens with zero attached hydrogens (tertiary/aromatic N) is 1. The summed E-state index contributed by atoms with van der Waals surface area (Å²) in [5.74, 6) is 0.468. The van der Waals surface area contributed by atoms with Crippen molar-refractivity contribution in [1.82, 2.24) is 9.97 Å². The minimum absolute atomic E-state index is 0.0385. The summed E-state index contributed by atoms with van der Waals surface area (Å²) in [6.45, 7) is 1.43. The van der Waals surface area contributed by atoms with E-state index in [1.54, 1.807) is 18.2 Å². The Hall–Kier alpha value is -2.37. The quantitative estimate of drug-likeness (QED) is 0.919. The van der Waals surface area contributed by atoms with Crippen molar-refractivity contribution in [3.63, 3.8) is 0 Å². The SMILES string of the molecule is COc1ccc(-c2nc(C)c(F)c(=O)[nH]2)c(OC)c1. The molecule has 0 fully saturated rings. The van der Waals surface area contributed by atoms with Gasteiger partial charge in [0.05, 0.1) is 25.5 Å². The molecule has 2 aromatic rings. The standard InChI is InChI=1S/C13H13FN2O3/c1-7-11(14)13(17)16-12(15-7)9-5-4-8(18-2)6-10(9)19-3/h4-6H,1-3H3,(H,15,16,17). The molecule has 0 aliphatic rings. The molecule has 1 aromatic heterocycles. The number of nitrogens with one attached hydrogen (secondary N) is 1. The lowest BCUT2D eigenvalue weighted by Gasteiger charge is -2.10. The van der Waals surface area contributed by atoms with Gasteiger partial charge >= 0.3 is 0 Å². The lowest BCUT2D eigenvalue weighted by molar-refractivity contribution is 0.395. The van der Waals surface area contributed by atoms with E-state index in [2.05, 4.69) is 9.97 Å². The third-order valence-corrected chi connectivity index (χ3v) is 2.69. The van der Waals surface area contributed by atoms with Crippen LogP contribution >= 0.6 is 0 Å². The van der Waals surface area contributed by atoms with Crippen LogP contribution in [0.2, 0.25) is 0 Å². The van der Waals surface area contributed by atoms with Crippen LogP contribution in [0.15, 0.2) is 23.0 Å². The van der Waals surface area contributed by atoms with Crippen molar-refractivity contribution in [1.29, 1.82) is 0 Å². The maximum atomic E-state index is 13.3. The van der Waals surface area contributed by atoms with Crippen molar-refractivity contribution < 1.29 is 13.9 Å². The zero-order chi connectivity index (χ0) is 14.0. The van der Waals surface area contributed by atoms with Crippen molar-refractivity contribution in [3.8, 4) is 22.9 Å². The summed E-state index contributed by atoms with van der Waals surface area (Å²) >= 11 is 0. The van der Waals surface area contributed by atoms with Gasteiger partial charge in [0.15, 0.2) is 0 Å². The Morgan fingerprint density at radius 2 is 2.00 bits per heavy atom. The number of ether oxygens (including phenoxy) is 2. The van der Waals surface area contributed by atoms with Crippen molar-refractivity contribution in [3.05, 3.63) is 40.1 Å². The van der Waals surface area contributed by atoms with Crippen molar-refractivity contribution >= 4 is 0 Å². The Kier molecular flexibility index (Phi) is 3.50. The second-order valence-electron chi connectivity index (χ2n) is 3.88. The maximum Gasteiger partial charge on any atom is 0.287 e. The fraction of sp³-hybridized carbons (Fsp3) is 0.231. The topological polar surface area (TPSA) is 64.2 Å². The summed E-state index contributed by atoms with van der Waals surface area (Å²) in [6, 6.07) is 5.05. The molecule has 0 saturated carbocycles. The molecular weight excluding hydrogens is 251 g/mol. The van der Waals surface area contributed by atoms with Crippen LogP contribution in [0, 0.1) is 12.7 Å². The molecule has 19 heavy (non-hydrogen) atoms. The van der Waals surface area contributed by atoms with Crippen LogP contribution in [0.3, 0.4) is 0 Å². The summed E-state index contributed by atoms with van der Waals surface area (Å²) in [7, 11) is 3.03. The molecule has 2 rings (SSSR count). The molecule has 1 heterocycles. The molecule has 6 heteroatoms. The monoisotopic (exact) mass is 264 g/mol. The Balaban J connectivity index is 2.62. The normalized spacial score (nSPS) is 10.3. The minimum Gasteiger partial charge on any atom is -0.497 e. The van der Waals surface area contributed by atoms with E-state index >= 15 is 0 Å².